The van der Waals surface area contributed by atoms with Crippen LogP contribution in [0, 0.1) is 5.92 Å². The van der Waals surface area contributed by atoms with Crippen molar-refractivity contribution in [1.29, 1.82) is 0 Å². The molecule has 0 aromatic carbocycles. The van der Waals surface area contributed by atoms with E-state index >= 15 is 0 Å². The van der Waals surface area contributed by atoms with Gasteiger partial charge < -0.3 is 15.4 Å². The van der Waals surface area contributed by atoms with Crippen molar-refractivity contribution < 1.29 is 9.53 Å². The smallest absolute Gasteiger partial charge is 0.271 e. The van der Waals surface area contributed by atoms with Crippen molar-refractivity contribution in [3.63, 3.8) is 0 Å². The first kappa shape index (κ1) is 17.4. The molecule has 0 unspecified atom stereocenters. The van der Waals surface area contributed by atoms with Gasteiger partial charge in [0, 0.05) is 19.7 Å². The number of rotatable bonds is 10. The number of carbonyl (C=O) groups excluding carboxylic acids is 1. The van der Waals surface area contributed by atoms with E-state index in [1.54, 1.807) is 6.20 Å². The Bertz CT molecular complexity index is 407. The van der Waals surface area contributed by atoms with Gasteiger partial charge in [-0.2, -0.15) is 0 Å². The normalized spacial score (nSPS) is 10.7. The Morgan fingerprint density at radius 3 is 2.67 bits per heavy atom. The summed E-state index contributed by atoms with van der Waals surface area (Å²) in [5.74, 6) is 1.09. The van der Waals surface area contributed by atoms with Crippen molar-refractivity contribution in [2.24, 2.45) is 5.92 Å². The monoisotopic (exact) mass is 294 g/mol. The average molecular weight is 294 g/mol. The molecule has 2 N–H and O–H groups in total. The van der Waals surface area contributed by atoms with Gasteiger partial charge in [-0.3, -0.25) is 4.79 Å². The Kier molecular flexibility index (Phi) is 8.35. The zero-order valence-electron chi connectivity index (χ0n) is 13.2. The standard InChI is InChI=1S/C15H26N4O2/c1-4-6-16-14-11-18-13(10-19-14)15(20)17-7-9-21-8-5-12(2)3/h10-12H,4-9H2,1-3H3,(H,16,19)(H,17,20). The minimum atomic E-state index is -0.225. The first-order valence-corrected chi connectivity index (χ1v) is 7.55. The topological polar surface area (TPSA) is 76.1 Å². The van der Waals surface area contributed by atoms with Crippen LogP contribution in [0.5, 0.6) is 0 Å². The number of amides is 1. The van der Waals surface area contributed by atoms with Crippen molar-refractivity contribution in [3.05, 3.63) is 18.1 Å². The maximum Gasteiger partial charge on any atom is 0.271 e. The van der Waals surface area contributed by atoms with Crippen molar-refractivity contribution in [3.8, 4) is 0 Å². The predicted octanol–water partition coefficient (Wildman–Crippen LogP) is 2.09. The summed E-state index contributed by atoms with van der Waals surface area (Å²) in [5, 5.41) is 5.87. The van der Waals surface area contributed by atoms with E-state index < -0.39 is 0 Å². The average Bonchev–Trinajstić information content (AvgIpc) is 2.48. The van der Waals surface area contributed by atoms with Crippen LogP contribution in [0.15, 0.2) is 12.4 Å². The summed E-state index contributed by atoms with van der Waals surface area (Å²) in [5.41, 5.74) is 0.319. The van der Waals surface area contributed by atoms with E-state index in [2.05, 4.69) is 41.4 Å². The number of anilines is 1. The van der Waals surface area contributed by atoms with Gasteiger partial charge in [0.05, 0.1) is 19.0 Å². The van der Waals surface area contributed by atoms with Crippen molar-refractivity contribution in [1.82, 2.24) is 15.3 Å². The molecule has 0 aliphatic heterocycles. The van der Waals surface area contributed by atoms with Gasteiger partial charge in [-0.15, -0.1) is 0 Å². The van der Waals surface area contributed by atoms with Crippen LogP contribution >= 0.6 is 0 Å². The van der Waals surface area contributed by atoms with Gasteiger partial charge in [0.2, 0.25) is 0 Å². The highest BCUT2D eigenvalue weighted by atomic mass is 16.5. The van der Waals surface area contributed by atoms with Crippen LogP contribution in [-0.4, -0.2) is 42.2 Å². The van der Waals surface area contributed by atoms with E-state index in [0.29, 0.717) is 30.6 Å². The van der Waals surface area contributed by atoms with E-state index in [4.69, 9.17) is 4.74 Å². The zero-order chi connectivity index (χ0) is 15.5. The molecule has 0 fully saturated rings. The van der Waals surface area contributed by atoms with Crippen LogP contribution in [-0.2, 0) is 4.74 Å². The molecule has 0 atom stereocenters. The lowest BCUT2D eigenvalue weighted by molar-refractivity contribution is 0.0901. The van der Waals surface area contributed by atoms with Crippen molar-refractivity contribution in [2.75, 3.05) is 31.6 Å². The summed E-state index contributed by atoms with van der Waals surface area (Å²) >= 11 is 0. The molecule has 0 radical (unpaired) electrons. The van der Waals surface area contributed by atoms with E-state index in [1.165, 1.54) is 6.20 Å². The molecule has 0 aliphatic rings. The molecule has 1 aromatic heterocycles. The molecule has 1 amide bonds. The second-order valence-electron chi connectivity index (χ2n) is 5.26. The highest BCUT2D eigenvalue weighted by Gasteiger charge is 2.07. The molecule has 1 aromatic rings. The molecule has 0 saturated heterocycles. The maximum atomic E-state index is 11.8. The minimum absolute atomic E-state index is 0.225. The lowest BCUT2D eigenvalue weighted by atomic mass is 10.1. The second-order valence-corrected chi connectivity index (χ2v) is 5.26. The number of nitrogens with one attached hydrogen (secondary N) is 2. The van der Waals surface area contributed by atoms with E-state index in [-0.39, 0.29) is 5.91 Å². The highest BCUT2D eigenvalue weighted by Crippen LogP contribution is 2.01. The predicted molar refractivity (Wildman–Crippen MR) is 83.4 cm³/mol. The first-order chi connectivity index (χ1) is 10.1. The summed E-state index contributed by atoms with van der Waals surface area (Å²) in [6.07, 6.45) is 5.10. The van der Waals surface area contributed by atoms with E-state index in [0.717, 1.165) is 26.0 Å². The molecular weight excluding hydrogens is 268 g/mol. The van der Waals surface area contributed by atoms with Crippen LogP contribution in [0.25, 0.3) is 0 Å². The molecule has 6 nitrogen and oxygen atoms in total. The molecule has 0 saturated carbocycles. The largest absolute Gasteiger partial charge is 0.380 e. The summed E-state index contributed by atoms with van der Waals surface area (Å²) in [6.45, 7) is 8.95. The number of carbonyl (C=O) groups is 1. The zero-order valence-corrected chi connectivity index (χ0v) is 13.2. The van der Waals surface area contributed by atoms with Gasteiger partial charge in [-0.1, -0.05) is 20.8 Å². The SMILES string of the molecule is CCCNc1cnc(C(=O)NCCOCCC(C)C)cn1. The Labute approximate surface area is 126 Å². The summed E-state index contributed by atoms with van der Waals surface area (Å²) in [4.78, 5) is 20.1. The Morgan fingerprint density at radius 2 is 2.05 bits per heavy atom. The molecule has 1 rings (SSSR count). The number of hydrogen-bond donors (Lipinski definition) is 2. The second kappa shape index (κ2) is 10.1. The third-order valence-corrected chi connectivity index (χ3v) is 2.81. The van der Waals surface area contributed by atoms with Crippen LogP contribution in [0.1, 0.15) is 44.1 Å². The summed E-state index contributed by atoms with van der Waals surface area (Å²) in [6, 6.07) is 0. The third kappa shape index (κ3) is 7.60. The molecule has 1 heterocycles. The number of ether oxygens (including phenoxy) is 1. The minimum Gasteiger partial charge on any atom is -0.380 e. The summed E-state index contributed by atoms with van der Waals surface area (Å²) in [7, 11) is 0. The Hall–Kier alpha value is -1.69. The van der Waals surface area contributed by atoms with Gasteiger partial charge in [0.15, 0.2) is 0 Å². The highest BCUT2D eigenvalue weighted by molar-refractivity contribution is 5.91. The number of nitrogens with zero attached hydrogens (tertiary/aromatic N) is 2. The summed E-state index contributed by atoms with van der Waals surface area (Å²) < 4.78 is 5.43. The van der Waals surface area contributed by atoms with Gasteiger partial charge in [0.25, 0.3) is 5.91 Å². The van der Waals surface area contributed by atoms with Crippen molar-refractivity contribution >= 4 is 11.7 Å². The van der Waals surface area contributed by atoms with Gasteiger partial charge in [0.1, 0.15) is 11.5 Å². The molecule has 6 heteroatoms. The molecule has 0 spiro atoms. The van der Waals surface area contributed by atoms with Gasteiger partial charge in [-0.05, 0) is 18.8 Å². The van der Waals surface area contributed by atoms with Crippen LogP contribution < -0.4 is 10.6 Å². The fourth-order valence-corrected chi connectivity index (χ4v) is 1.54. The number of hydrogen-bond acceptors (Lipinski definition) is 5. The molecular formula is C15H26N4O2. The van der Waals surface area contributed by atoms with E-state index in [1.807, 2.05) is 0 Å². The number of aromatic nitrogens is 2. The molecule has 21 heavy (non-hydrogen) atoms. The third-order valence-electron chi connectivity index (χ3n) is 2.81. The van der Waals surface area contributed by atoms with Crippen molar-refractivity contribution in [2.45, 2.75) is 33.6 Å². The van der Waals surface area contributed by atoms with E-state index in [9.17, 15) is 4.79 Å². The fraction of sp³-hybridized carbons (Fsp3) is 0.667. The maximum absolute atomic E-state index is 11.8. The van der Waals surface area contributed by atoms with Gasteiger partial charge >= 0.3 is 0 Å². The molecule has 118 valence electrons. The lowest BCUT2D eigenvalue weighted by Gasteiger charge is -2.08. The molecule has 0 bridgehead atoms. The quantitative estimate of drug-likeness (QED) is 0.646. The Morgan fingerprint density at radius 1 is 1.24 bits per heavy atom. The first-order valence-electron chi connectivity index (χ1n) is 7.55. The van der Waals surface area contributed by atoms with Crippen LogP contribution in [0.3, 0.4) is 0 Å². The van der Waals surface area contributed by atoms with Gasteiger partial charge in [-0.25, -0.2) is 9.97 Å². The lowest BCUT2D eigenvalue weighted by Crippen LogP contribution is -2.28. The van der Waals surface area contributed by atoms with Crippen LogP contribution in [0.2, 0.25) is 0 Å². The Balaban J connectivity index is 2.22. The fourth-order valence-electron chi connectivity index (χ4n) is 1.54. The molecule has 0 aliphatic carbocycles. The van der Waals surface area contributed by atoms with Crippen LogP contribution in [0.4, 0.5) is 5.82 Å².